The highest BCUT2D eigenvalue weighted by atomic mass is 35.5. The Hall–Kier alpha value is -1.47. The minimum atomic E-state index is -0.718. The monoisotopic (exact) mass is 295 g/mol. The molecule has 106 valence electrons. The molecule has 7 heteroatoms. The number of aliphatic hydroxyl groups excluding tert-OH is 2. The molecule has 2 aromatic rings. The molecule has 1 aliphatic rings. The van der Waals surface area contributed by atoms with Gasteiger partial charge in [0.2, 0.25) is 0 Å². The summed E-state index contributed by atoms with van der Waals surface area (Å²) in [6.07, 6.45) is -1.44. The fourth-order valence-corrected chi connectivity index (χ4v) is 2.45. The zero-order valence-corrected chi connectivity index (χ0v) is 11.4. The lowest BCUT2D eigenvalue weighted by Gasteiger charge is -2.10. The van der Waals surface area contributed by atoms with Crippen LogP contribution in [0.1, 0.15) is 5.82 Å². The van der Waals surface area contributed by atoms with Gasteiger partial charge in [0, 0.05) is 13.1 Å². The Morgan fingerprint density at radius 1 is 1.25 bits per heavy atom. The summed E-state index contributed by atoms with van der Waals surface area (Å²) >= 11 is 6.07. The van der Waals surface area contributed by atoms with Crippen LogP contribution in [0.25, 0.3) is 11.5 Å². The number of halogens is 1. The SMILES string of the molecule is O[C@@H]1CN(Cc2noc(-c3ccccc3Cl)n2)C[C@@H]1O. The molecule has 1 aromatic heterocycles. The fraction of sp³-hybridized carbons (Fsp3) is 0.385. The van der Waals surface area contributed by atoms with Crippen LogP contribution in [0.5, 0.6) is 0 Å². The Kier molecular flexibility index (Phi) is 3.71. The lowest BCUT2D eigenvalue weighted by Crippen LogP contribution is -2.22. The number of aromatic nitrogens is 2. The Bertz CT molecular complexity index is 594. The highest BCUT2D eigenvalue weighted by molar-refractivity contribution is 6.33. The molecule has 0 unspecified atom stereocenters. The molecule has 20 heavy (non-hydrogen) atoms. The second-order valence-electron chi connectivity index (χ2n) is 4.82. The second kappa shape index (κ2) is 5.49. The summed E-state index contributed by atoms with van der Waals surface area (Å²) in [5, 5.41) is 23.4. The molecule has 3 rings (SSSR count). The van der Waals surface area contributed by atoms with Crippen molar-refractivity contribution in [3.63, 3.8) is 0 Å². The van der Waals surface area contributed by atoms with Crippen LogP contribution >= 0.6 is 11.6 Å². The Balaban J connectivity index is 1.73. The topological polar surface area (TPSA) is 82.6 Å². The van der Waals surface area contributed by atoms with Crippen molar-refractivity contribution >= 4 is 11.6 Å². The molecular weight excluding hydrogens is 282 g/mol. The molecule has 0 aliphatic carbocycles. The van der Waals surface area contributed by atoms with Crippen LogP contribution in [0.2, 0.25) is 5.02 Å². The van der Waals surface area contributed by atoms with Crippen molar-refractivity contribution in [3.05, 3.63) is 35.1 Å². The van der Waals surface area contributed by atoms with E-state index < -0.39 is 12.2 Å². The van der Waals surface area contributed by atoms with E-state index in [0.29, 0.717) is 41.9 Å². The molecule has 2 heterocycles. The van der Waals surface area contributed by atoms with Gasteiger partial charge in [-0.2, -0.15) is 4.98 Å². The molecular formula is C13H14ClN3O3. The lowest BCUT2D eigenvalue weighted by molar-refractivity contribution is 0.0572. The largest absolute Gasteiger partial charge is 0.389 e. The van der Waals surface area contributed by atoms with Gasteiger partial charge in [-0.25, -0.2) is 0 Å². The van der Waals surface area contributed by atoms with Crippen LogP contribution in [0.3, 0.4) is 0 Å². The zero-order chi connectivity index (χ0) is 14.1. The van der Waals surface area contributed by atoms with Gasteiger partial charge < -0.3 is 14.7 Å². The molecule has 1 aliphatic heterocycles. The van der Waals surface area contributed by atoms with E-state index in [-0.39, 0.29) is 0 Å². The Labute approximate surface area is 120 Å². The van der Waals surface area contributed by atoms with Crippen LogP contribution in [-0.4, -0.2) is 50.6 Å². The maximum atomic E-state index is 9.49. The van der Waals surface area contributed by atoms with E-state index in [4.69, 9.17) is 16.1 Å². The third-order valence-corrected chi connectivity index (χ3v) is 3.60. The Morgan fingerprint density at radius 2 is 1.95 bits per heavy atom. The molecule has 2 atom stereocenters. The van der Waals surface area contributed by atoms with E-state index in [1.807, 2.05) is 23.1 Å². The van der Waals surface area contributed by atoms with E-state index in [1.54, 1.807) is 6.07 Å². The molecule has 0 spiro atoms. The molecule has 6 nitrogen and oxygen atoms in total. The third-order valence-electron chi connectivity index (χ3n) is 3.27. The highest BCUT2D eigenvalue weighted by Gasteiger charge is 2.30. The summed E-state index contributed by atoms with van der Waals surface area (Å²) in [6.45, 7) is 1.22. The molecule has 2 N–H and O–H groups in total. The molecule has 1 aromatic carbocycles. The van der Waals surface area contributed by atoms with Crippen LogP contribution in [0.15, 0.2) is 28.8 Å². The van der Waals surface area contributed by atoms with E-state index >= 15 is 0 Å². The maximum Gasteiger partial charge on any atom is 0.259 e. The van der Waals surface area contributed by atoms with Crippen molar-refractivity contribution in [2.75, 3.05) is 13.1 Å². The van der Waals surface area contributed by atoms with Gasteiger partial charge in [-0.05, 0) is 12.1 Å². The van der Waals surface area contributed by atoms with E-state index in [9.17, 15) is 10.2 Å². The molecule has 0 bridgehead atoms. The summed E-state index contributed by atoms with van der Waals surface area (Å²) in [5.41, 5.74) is 0.689. The average molecular weight is 296 g/mol. The fourth-order valence-electron chi connectivity index (χ4n) is 2.24. The van der Waals surface area contributed by atoms with Crippen molar-refractivity contribution in [3.8, 4) is 11.5 Å². The quantitative estimate of drug-likeness (QED) is 0.876. The lowest BCUT2D eigenvalue weighted by atomic mass is 10.2. The summed E-state index contributed by atoms with van der Waals surface area (Å²) in [6, 6.07) is 7.24. The van der Waals surface area contributed by atoms with Crippen molar-refractivity contribution in [2.45, 2.75) is 18.8 Å². The number of β-amino-alcohol motifs (C(OH)–C–C–N with tert-alkyl or cyclic N) is 2. The standard InChI is InChI=1S/C13H14ClN3O3/c14-9-4-2-1-3-8(9)13-15-12(16-20-13)7-17-5-10(18)11(19)6-17/h1-4,10-11,18-19H,5-7H2/t10-,11+. The zero-order valence-electron chi connectivity index (χ0n) is 10.6. The van der Waals surface area contributed by atoms with Gasteiger partial charge in [0.25, 0.3) is 5.89 Å². The highest BCUT2D eigenvalue weighted by Crippen LogP contribution is 2.26. The van der Waals surface area contributed by atoms with Gasteiger partial charge in [-0.3, -0.25) is 4.90 Å². The number of hydrogen-bond donors (Lipinski definition) is 2. The number of likely N-dealkylation sites (tertiary alicyclic amines) is 1. The van der Waals surface area contributed by atoms with E-state index in [1.165, 1.54) is 0 Å². The first-order chi connectivity index (χ1) is 9.63. The number of aliphatic hydroxyl groups is 2. The molecule has 0 amide bonds. The molecule has 1 fully saturated rings. The van der Waals surface area contributed by atoms with Crippen LogP contribution < -0.4 is 0 Å². The number of hydrogen-bond acceptors (Lipinski definition) is 6. The maximum absolute atomic E-state index is 9.49. The van der Waals surface area contributed by atoms with Crippen LogP contribution in [0.4, 0.5) is 0 Å². The van der Waals surface area contributed by atoms with Gasteiger partial charge in [-0.1, -0.05) is 28.9 Å². The Morgan fingerprint density at radius 3 is 2.65 bits per heavy atom. The normalized spacial score (nSPS) is 23.4. The first-order valence-electron chi connectivity index (χ1n) is 6.29. The summed E-state index contributed by atoms with van der Waals surface area (Å²) < 4.78 is 5.20. The molecule has 1 saturated heterocycles. The smallest absolute Gasteiger partial charge is 0.259 e. The predicted molar refractivity (Wildman–Crippen MR) is 72.0 cm³/mol. The first kappa shape index (κ1) is 13.5. The average Bonchev–Trinajstić information content (AvgIpc) is 2.98. The third kappa shape index (κ3) is 2.69. The van der Waals surface area contributed by atoms with Crippen molar-refractivity contribution in [2.24, 2.45) is 0 Å². The van der Waals surface area contributed by atoms with E-state index in [0.717, 1.165) is 0 Å². The summed E-state index contributed by atoms with van der Waals surface area (Å²) in [7, 11) is 0. The molecule has 0 radical (unpaired) electrons. The van der Waals surface area contributed by atoms with Gasteiger partial charge in [0.1, 0.15) is 0 Å². The predicted octanol–water partition coefficient (Wildman–Crippen LogP) is 0.927. The second-order valence-corrected chi connectivity index (χ2v) is 5.23. The van der Waals surface area contributed by atoms with Crippen LogP contribution in [-0.2, 0) is 6.54 Å². The summed E-state index contributed by atoms with van der Waals surface area (Å²) in [5.74, 6) is 0.868. The van der Waals surface area contributed by atoms with E-state index in [2.05, 4.69) is 10.1 Å². The number of nitrogens with zero attached hydrogens (tertiary/aromatic N) is 3. The molecule has 0 saturated carbocycles. The first-order valence-corrected chi connectivity index (χ1v) is 6.67. The van der Waals surface area contributed by atoms with Crippen molar-refractivity contribution in [1.82, 2.24) is 15.0 Å². The number of benzene rings is 1. The van der Waals surface area contributed by atoms with Crippen molar-refractivity contribution < 1.29 is 14.7 Å². The van der Waals surface area contributed by atoms with Gasteiger partial charge in [0.05, 0.1) is 29.3 Å². The summed E-state index contributed by atoms with van der Waals surface area (Å²) in [4.78, 5) is 6.16. The minimum absolute atomic E-state index is 0.367. The van der Waals surface area contributed by atoms with Crippen LogP contribution in [0, 0.1) is 0 Å². The van der Waals surface area contributed by atoms with Crippen molar-refractivity contribution in [1.29, 1.82) is 0 Å². The minimum Gasteiger partial charge on any atom is -0.389 e. The number of rotatable bonds is 3. The van der Waals surface area contributed by atoms with Gasteiger partial charge >= 0.3 is 0 Å². The van der Waals surface area contributed by atoms with Gasteiger partial charge in [-0.15, -0.1) is 0 Å². The van der Waals surface area contributed by atoms with Gasteiger partial charge in [0.15, 0.2) is 5.82 Å².